The molecule has 0 aliphatic rings. The summed E-state index contributed by atoms with van der Waals surface area (Å²) < 4.78 is 0.945. The van der Waals surface area contributed by atoms with Crippen LogP contribution >= 0.6 is 27.5 Å². The summed E-state index contributed by atoms with van der Waals surface area (Å²) in [6.07, 6.45) is 1.86. The molecule has 2 aromatic rings. The van der Waals surface area contributed by atoms with Crippen LogP contribution in [0.5, 0.6) is 0 Å². The standard InChI is InChI=1S/C15H18BrClN4/c1-3-5-13-20-14(18-4-2)9-15(21-13)19-12-7-6-10(16)8-11(12)17/h6-9H,3-5H2,1-2H3,(H2,18,19,20,21). The Bertz CT molecular complexity index is 594. The number of benzene rings is 1. The molecule has 0 saturated carbocycles. The maximum atomic E-state index is 6.23. The van der Waals surface area contributed by atoms with Crippen molar-refractivity contribution >= 4 is 44.9 Å². The predicted molar refractivity (Wildman–Crippen MR) is 92.6 cm³/mol. The number of halogens is 2. The fourth-order valence-corrected chi connectivity index (χ4v) is 2.62. The Morgan fingerprint density at radius 2 is 1.90 bits per heavy atom. The molecule has 0 fully saturated rings. The van der Waals surface area contributed by atoms with Crippen LogP contribution in [0.15, 0.2) is 28.7 Å². The summed E-state index contributed by atoms with van der Waals surface area (Å²) in [4.78, 5) is 9.02. The van der Waals surface area contributed by atoms with Gasteiger partial charge in [0.15, 0.2) is 0 Å². The number of rotatable bonds is 6. The maximum absolute atomic E-state index is 6.23. The molecule has 6 heteroatoms. The van der Waals surface area contributed by atoms with E-state index in [1.807, 2.05) is 31.2 Å². The van der Waals surface area contributed by atoms with Crippen molar-refractivity contribution in [3.8, 4) is 0 Å². The van der Waals surface area contributed by atoms with E-state index in [0.29, 0.717) is 5.02 Å². The fourth-order valence-electron chi connectivity index (χ4n) is 1.90. The molecule has 4 nitrogen and oxygen atoms in total. The topological polar surface area (TPSA) is 49.8 Å². The lowest BCUT2D eigenvalue weighted by Crippen LogP contribution is -2.06. The smallest absolute Gasteiger partial charge is 0.136 e. The summed E-state index contributed by atoms with van der Waals surface area (Å²) in [5.74, 6) is 2.40. The second-order valence-electron chi connectivity index (χ2n) is 4.58. The van der Waals surface area contributed by atoms with Crippen LogP contribution in [0.4, 0.5) is 17.3 Å². The molecule has 1 aromatic heterocycles. The molecule has 2 rings (SSSR count). The summed E-state index contributed by atoms with van der Waals surface area (Å²) in [5, 5.41) is 7.12. The van der Waals surface area contributed by atoms with Gasteiger partial charge in [-0.2, -0.15) is 0 Å². The molecule has 0 saturated heterocycles. The first-order valence-electron chi connectivity index (χ1n) is 6.96. The Kier molecular flexibility index (Phi) is 5.82. The van der Waals surface area contributed by atoms with Crippen molar-refractivity contribution in [1.29, 1.82) is 0 Å². The van der Waals surface area contributed by atoms with E-state index in [1.165, 1.54) is 0 Å². The number of hydrogen-bond donors (Lipinski definition) is 2. The van der Waals surface area contributed by atoms with E-state index in [2.05, 4.69) is 43.5 Å². The molecule has 21 heavy (non-hydrogen) atoms. The molecule has 0 spiro atoms. The summed E-state index contributed by atoms with van der Waals surface area (Å²) in [7, 11) is 0. The van der Waals surface area contributed by atoms with Gasteiger partial charge >= 0.3 is 0 Å². The lowest BCUT2D eigenvalue weighted by molar-refractivity contribution is 0.837. The molecule has 1 heterocycles. The van der Waals surface area contributed by atoms with Crippen molar-refractivity contribution in [1.82, 2.24) is 9.97 Å². The minimum atomic E-state index is 0.644. The average molecular weight is 370 g/mol. The van der Waals surface area contributed by atoms with E-state index in [4.69, 9.17) is 11.6 Å². The number of hydrogen-bond acceptors (Lipinski definition) is 4. The maximum Gasteiger partial charge on any atom is 0.136 e. The molecule has 0 radical (unpaired) electrons. The molecule has 0 atom stereocenters. The van der Waals surface area contributed by atoms with Crippen LogP contribution in [0.25, 0.3) is 0 Å². The van der Waals surface area contributed by atoms with Crippen LogP contribution < -0.4 is 10.6 Å². The van der Waals surface area contributed by atoms with E-state index in [1.54, 1.807) is 0 Å². The zero-order chi connectivity index (χ0) is 15.2. The Morgan fingerprint density at radius 1 is 1.14 bits per heavy atom. The van der Waals surface area contributed by atoms with Crippen molar-refractivity contribution in [2.24, 2.45) is 0 Å². The van der Waals surface area contributed by atoms with Crippen molar-refractivity contribution in [3.05, 3.63) is 39.6 Å². The molecule has 2 N–H and O–H groups in total. The van der Waals surface area contributed by atoms with Gasteiger partial charge in [-0.05, 0) is 31.5 Å². The Hall–Kier alpha value is -1.33. The van der Waals surface area contributed by atoms with Gasteiger partial charge in [-0.25, -0.2) is 9.97 Å². The van der Waals surface area contributed by atoms with Crippen LogP contribution in [0.3, 0.4) is 0 Å². The van der Waals surface area contributed by atoms with Crippen LogP contribution in [0.2, 0.25) is 5.02 Å². The number of anilines is 3. The second-order valence-corrected chi connectivity index (χ2v) is 5.91. The summed E-state index contributed by atoms with van der Waals surface area (Å²) >= 11 is 9.63. The second kappa shape index (κ2) is 7.61. The van der Waals surface area contributed by atoms with E-state index in [-0.39, 0.29) is 0 Å². The number of nitrogens with zero attached hydrogens (tertiary/aromatic N) is 2. The molecular weight excluding hydrogens is 352 g/mol. The van der Waals surface area contributed by atoms with E-state index in [0.717, 1.165) is 47.0 Å². The average Bonchev–Trinajstić information content (AvgIpc) is 2.42. The Labute approximate surface area is 138 Å². The Morgan fingerprint density at radius 3 is 2.57 bits per heavy atom. The van der Waals surface area contributed by atoms with Crippen LogP contribution in [-0.2, 0) is 6.42 Å². The third-order valence-corrected chi connectivity index (χ3v) is 3.60. The molecule has 0 aliphatic heterocycles. The van der Waals surface area contributed by atoms with Crippen LogP contribution in [0.1, 0.15) is 26.1 Å². The normalized spacial score (nSPS) is 10.5. The van der Waals surface area contributed by atoms with E-state index in [9.17, 15) is 0 Å². The molecule has 0 bridgehead atoms. The molecule has 112 valence electrons. The van der Waals surface area contributed by atoms with Gasteiger partial charge in [-0.15, -0.1) is 0 Å². The minimum Gasteiger partial charge on any atom is -0.370 e. The van der Waals surface area contributed by atoms with Crippen LogP contribution in [-0.4, -0.2) is 16.5 Å². The monoisotopic (exact) mass is 368 g/mol. The highest BCUT2D eigenvalue weighted by atomic mass is 79.9. The lowest BCUT2D eigenvalue weighted by Gasteiger charge is -2.11. The number of aromatic nitrogens is 2. The largest absolute Gasteiger partial charge is 0.370 e. The quantitative estimate of drug-likeness (QED) is 0.750. The first-order chi connectivity index (χ1) is 10.1. The van der Waals surface area contributed by atoms with Crippen molar-refractivity contribution in [2.75, 3.05) is 17.2 Å². The first-order valence-corrected chi connectivity index (χ1v) is 8.13. The lowest BCUT2D eigenvalue weighted by atomic mass is 10.3. The number of nitrogens with one attached hydrogen (secondary N) is 2. The van der Waals surface area contributed by atoms with Gasteiger partial charge < -0.3 is 10.6 Å². The van der Waals surface area contributed by atoms with Gasteiger partial charge in [0.05, 0.1) is 10.7 Å². The summed E-state index contributed by atoms with van der Waals surface area (Å²) in [5.41, 5.74) is 0.823. The van der Waals surface area contributed by atoms with Gasteiger partial charge in [-0.3, -0.25) is 0 Å². The van der Waals surface area contributed by atoms with Gasteiger partial charge in [-0.1, -0.05) is 34.5 Å². The fraction of sp³-hybridized carbons (Fsp3) is 0.333. The minimum absolute atomic E-state index is 0.644. The molecule has 0 aliphatic carbocycles. The van der Waals surface area contributed by atoms with Crippen molar-refractivity contribution < 1.29 is 0 Å². The van der Waals surface area contributed by atoms with E-state index >= 15 is 0 Å². The van der Waals surface area contributed by atoms with Crippen LogP contribution in [0, 0.1) is 0 Å². The zero-order valence-corrected chi connectivity index (χ0v) is 14.4. The molecular formula is C15H18BrClN4. The van der Waals surface area contributed by atoms with Crippen molar-refractivity contribution in [2.45, 2.75) is 26.7 Å². The SMILES string of the molecule is CCCc1nc(NCC)cc(Nc2ccc(Br)cc2Cl)n1. The molecule has 1 aromatic carbocycles. The third kappa shape index (κ3) is 4.58. The van der Waals surface area contributed by atoms with E-state index < -0.39 is 0 Å². The highest BCUT2D eigenvalue weighted by Gasteiger charge is 2.07. The highest BCUT2D eigenvalue weighted by molar-refractivity contribution is 9.10. The van der Waals surface area contributed by atoms with Crippen molar-refractivity contribution in [3.63, 3.8) is 0 Å². The number of aryl methyl sites for hydroxylation is 1. The third-order valence-electron chi connectivity index (χ3n) is 2.80. The Balaban J connectivity index is 2.29. The van der Waals surface area contributed by atoms with Gasteiger partial charge in [0.1, 0.15) is 17.5 Å². The summed E-state index contributed by atoms with van der Waals surface area (Å²) in [6, 6.07) is 7.60. The first kappa shape index (κ1) is 16.0. The van der Waals surface area contributed by atoms with Gasteiger partial charge in [0, 0.05) is 23.5 Å². The van der Waals surface area contributed by atoms with Gasteiger partial charge in [0.25, 0.3) is 0 Å². The molecule has 0 amide bonds. The molecule has 0 unspecified atom stereocenters. The highest BCUT2D eigenvalue weighted by Crippen LogP contribution is 2.28. The summed E-state index contributed by atoms with van der Waals surface area (Å²) in [6.45, 7) is 4.98. The zero-order valence-electron chi connectivity index (χ0n) is 12.1. The van der Waals surface area contributed by atoms with Gasteiger partial charge in [0.2, 0.25) is 0 Å². The predicted octanol–water partition coefficient (Wildman–Crippen LogP) is 5.02.